The molecule has 0 aromatic heterocycles. The summed E-state index contributed by atoms with van der Waals surface area (Å²) in [5.74, 6) is -0.122. The highest BCUT2D eigenvalue weighted by Gasteiger charge is 2.11. The van der Waals surface area contributed by atoms with Gasteiger partial charge in [-0.05, 0) is 26.0 Å². The summed E-state index contributed by atoms with van der Waals surface area (Å²) in [6, 6.07) is 4.70. The van der Waals surface area contributed by atoms with Gasteiger partial charge in [0.25, 0.3) is 0 Å². The molecule has 0 aliphatic heterocycles. The zero-order chi connectivity index (χ0) is 13.0. The number of aromatic hydroxyl groups is 1. The minimum Gasteiger partial charge on any atom is -0.507 e. The first-order valence-electron chi connectivity index (χ1n) is 5.19. The number of carbonyl (C=O) groups is 1. The van der Waals surface area contributed by atoms with Gasteiger partial charge >= 0.3 is 0 Å². The molecule has 0 radical (unpaired) electrons. The first kappa shape index (κ1) is 12.9. The summed E-state index contributed by atoms with van der Waals surface area (Å²) >= 11 is 0. The predicted octanol–water partition coefficient (Wildman–Crippen LogP) is 0.966. The van der Waals surface area contributed by atoms with E-state index in [2.05, 4.69) is 0 Å². The molecule has 0 unspecified atom stereocenters. The zero-order valence-electron chi connectivity index (χ0n) is 9.86. The van der Waals surface area contributed by atoms with Gasteiger partial charge in [0.05, 0.1) is 12.3 Å². The van der Waals surface area contributed by atoms with Crippen LogP contribution in [0.1, 0.15) is 19.4 Å². The Kier molecular flexibility index (Phi) is 3.98. The number of nitrogens with two attached hydrogens (primary N) is 2. The van der Waals surface area contributed by atoms with Crippen molar-refractivity contribution >= 4 is 11.6 Å². The number of rotatable bonds is 4. The van der Waals surface area contributed by atoms with Crippen LogP contribution in [-0.2, 0) is 4.79 Å². The van der Waals surface area contributed by atoms with Crippen molar-refractivity contribution in [1.82, 2.24) is 0 Å². The molecule has 1 aromatic carbocycles. The summed E-state index contributed by atoms with van der Waals surface area (Å²) < 4.78 is 5.22. The predicted molar refractivity (Wildman–Crippen MR) is 65.3 cm³/mol. The number of hydrogen-bond donors (Lipinski definition) is 3. The molecule has 0 fully saturated rings. The molecule has 1 amide bonds. The maximum Gasteiger partial charge on any atom is 0.246 e. The Hall–Kier alpha value is -2.17. The van der Waals surface area contributed by atoms with E-state index in [4.69, 9.17) is 16.2 Å². The van der Waals surface area contributed by atoms with Crippen molar-refractivity contribution in [3.63, 3.8) is 0 Å². The fraction of sp³-hybridized carbons (Fsp3) is 0.250. The summed E-state index contributed by atoms with van der Waals surface area (Å²) in [5, 5.41) is 9.77. The number of ether oxygens (including phenoxy) is 1. The smallest absolute Gasteiger partial charge is 0.246 e. The lowest BCUT2D eigenvalue weighted by molar-refractivity contribution is -0.114. The van der Waals surface area contributed by atoms with Gasteiger partial charge in [-0.1, -0.05) is 0 Å². The number of amides is 1. The van der Waals surface area contributed by atoms with Gasteiger partial charge in [-0.15, -0.1) is 0 Å². The van der Waals surface area contributed by atoms with Crippen LogP contribution < -0.4 is 16.2 Å². The van der Waals surface area contributed by atoms with Crippen LogP contribution in [0.3, 0.4) is 0 Å². The minimum absolute atomic E-state index is 0.0472. The molecule has 0 spiro atoms. The van der Waals surface area contributed by atoms with E-state index < -0.39 is 5.91 Å². The van der Waals surface area contributed by atoms with Gasteiger partial charge in [-0.25, -0.2) is 0 Å². The SMILES string of the molecule is CCOc1ccc(/C(N)=C(\C)C(N)=O)c(O)c1. The van der Waals surface area contributed by atoms with Gasteiger partial charge in [0.15, 0.2) is 0 Å². The third-order valence-electron chi connectivity index (χ3n) is 2.34. The Morgan fingerprint density at radius 2 is 2.06 bits per heavy atom. The van der Waals surface area contributed by atoms with Crippen LogP contribution in [0.4, 0.5) is 0 Å². The summed E-state index contributed by atoms with van der Waals surface area (Å²) in [7, 11) is 0. The Bertz CT molecular complexity index is 467. The normalized spacial score (nSPS) is 11.9. The summed E-state index contributed by atoms with van der Waals surface area (Å²) in [5.41, 5.74) is 11.6. The van der Waals surface area contributed by atoms with Gasteiger partial charge < -0.3 is 21.3 Å². The van der Waals surface area contributed by atoms with Crippen molar-refractivity contribution in [2.75, 3.05) is 6.61 Å². The molecule has 0 aliphatic carbocycles. The molecule has 0 atom stereocenters. The summed E-state index contributed by atoms with van der Waals surface area (Å²) in [6.45, 7) is 3.86. The van der Waals surface area contributed by atoms with E-state index in [9.17, 15) is 9.90 Å². The van der Waals surface area contributed by atoms with Gasteiger partial charge in [0, 0.05) is 17.2 Å². The van der Waals surface area contributed by atoms with Gasteiger partial charge in [0.1, 0.15) is 11.5 Å². The number of carbonyl (C=O) groups excluding carboxylic acids is 1. The monoisotopic (exact) mass is 236 g/mol. The van der Waals surface area contributed by atoms with E-state index in [-0.39, 0.29) is 17.0 Å². The second-order valence-electron chi connectivity index (χ2n) is 3.51. The zero-order valence-corrected chi connectivity index (χ0v) is 9.86. The lowest BCUT2D eigenvalue weighted by Gasteiger charge is -2.09. The first-order valence-corrected chi connectivity index (χ1v) is 5.19. The molecule has 1 aromatic rings. The highest BCUT2D eigenvalue weighted by Crippen LogP contribution is 2.28. The lowest BCUT2D eigenvalue weighted by atomic mass is 10.1. The fourth-order valence-electron chi connectivity index (χ4n) is 1.33. The molecule has 17 heavy (non-hydrogen) atoms. The van der Waals surface area contributed by atoms with Crippen molar-refractivity contribution in [3.05, 3.63) is 29.3 Å². The molecule has 0 bridgehead atoms. The van der Waals surface area contributed by atoms with E-state index in [1.54, 1.807) is 12.1 Å². The molecular formula is C12H16N2O3. The first-order chi connectivity index (χ1) is 7.97. The van der Waals surface area contributed by atoms with E-state index in [1.165, 1.54) is 13.0 Å². The van der Waals surface area contributed by atoms with Crippen LogP contribution in [-0.4, -0.2) is 17.6 Å². The number of hydrogen-bond acceptors (Lipinski definition) is 4. The van der Waals surface area contributed by atoms with Gasteiger partial charge in [-0.2, -0.15) is 0 Å². The van der Waals surface area contributed by atoms with Gasteiger partial charge in [-0.3, -0.25) is 4.79 Å². The van der Waals surface area contributed by atoms with Crippen molar-refractivity contribution in [3.8, 4) is 11.5 Å². The van der Waals surface area contributed by atoms with E-state index >= 15 is 0 Å². The quantitative estimate of drug-likeness (QED) is 0.678. The largest absolute Gasteiger partial charge is 0.507 e. The average molecular weight is 236 g/mol. The average Bonchev–Trinajstić information content (AvgIpc) is 2.27. The Morgan fingerprint density at radius 3 is 2.53 bits per heavy atom. The highest BCUT2D eigenvalue weighted by molar-refractivity contribution is 5.99. The lowest BCUT2D eigenvalue weighted by Crippen LogP contribution is -2.16. The third-order valence-corrected chi connectivity index (χ3v) is 2.34. The molecule has 5 N–H and O–H groups in total. The molecule has 1 rings (SSSR count). The van der Waals surface area contributed by atoms with Crippen molar-refractivity contribution in [2.45, 2.75) is 13.8 Å². The van der Waals surface area contributed by atoms with E-state index in [1.807, 2.05) is 6.92 Å². The van der Waals surface area contributed by atoms with Crippen molar-refractivity contribution < 1.29 is 14.6 Å². The highest BCUT2D eigenvalue weighted by atomic mass is 16.5. The van der Waals surface area contributed by atoms with E-state index in [0.29, 0.717) is 17.9 Å². The standard InChI is InChI=1S/C12H16N2O3/c1-3-17-8-4-5-9(10(15)6-8)11(13)7(2)12(14)16/h4-6,15H,3,13H2,1-2H3,(H2,14,16)/b11-7-. The van der Waals surface area contributed by atoms with Crippen molar-refractivity contribution in [2.24, 2.45) is 11.5 Å². The van der Waals surface area contributed by atoms with Crippen LogP contribution in [0.25, 0.3) is 5.70 Å². The maximum atomic E-state index is 11.0. The molecule has 0 heterocycles. The van der Waals surface area contributed by atoms with Crippen LogP contribution in [0.2, 0.25) is 0 Å². The molecule has 0 saturated carbocycles. The second-order valence-corrected chi connectivity index (χ2v) is 3.51. The molecule has 5 nitrogen and oxygen atoms in total. The van der Waals surface area contributed by atoms with E-state index in [0.717, 1.165) is 0 Å². The Balaban J connectivity index is 3.16. The van der Waals surface area contributed by atoms with Crippen LogP contribution in [0.15, 0.2) is 23.8 Å². The van der Waals surface area contributed by atoms with Crippen LogP contribution in [0.5, 0.6) is 11.5 Å². The summed E-state index contributed by atoms with van der Waals surface area (Å²) in [4.78, 5) is 11.0. The molecule has 0 aliphatic rings. The molecule has 92 valence electrons. The number of phenolic OH excluding ortho intramolecular Hbond substituents is 1. The Morgan fingerprint density at radius 1 is 1.41 bits per heavy atom. The maximum absolute atomic E-state index is 11.0. The molecular weight excluding hydrogens is 220 g/mol. The molecule has 5 heteroatoms. The fourth-order valence-corrected chi connectivity index (χ4v) is 1.33. The Labute approximate surface area is 99.7 Å². The van der Waals surface area contributed by atoms with Crippen LogP contribution in [0, 0.1) is 0 Å². The van der Waals surface area contributed by atoms with Crippen LogP contribution >= 0.6 is 0 Å². The third kappa shape index (κ3) is 2.90. The minimum atomic E-state index is -0.615. The van der Waals surface area contributed by atoms with Gasteiger partial charge in [0.2, 0.25) is 5.91 Å². The number of phenols is 1. The topological polar surface area (TPSA) is 98.6 Å². The number of benzene rings is 1. The number of primary amides is 1. The second kappa shape index (κ2) is 5.25. The summed E-state index contributed by atoms with van der Waals surface area (Å²) in [6.07, 6.45) is 0. The molecule has 0 saturated heterocycles. The van der Waals surface area contributed by atoms with Crippen molar-refractivity contribution in [1.29, 1.82) is 0 Å².